The molecule has 3 nitrogen and oxygen atoms in total. The predicted octanol–water partition coefficient (Wildman–Crippen LogP) is 3.25. The Bertz CT molecular complexity index is 486. The Balaban J connectivity index is 1.90. The van der Waals surface area contributed by atoms with Crippen molar-refractivity contribution in [1.29, 1.82) is 0 Å². The van der Waals surface area contributed by atoms with E-state index < -0.39 is 0 Å². The van der Waals surface area contributed by atoms with Crippen molar-refractivity contribution in [2.45, 2.75) is 32.2 Å². The van der Waals surface area contributed by atoms with E-state index in [1.165, 1.54) is 28.3 Å². The fraction of sp³-hybridized carbons (Fsp3) is 0.500. The van der Waals surface area contributed by atoms with Gasteiger partial charge in [0.2, 0.25) is 0 Å². The standard InChI is InChI=1S/C12H15N3S2/c1-2-13-5-9-11(8-3-4-8)15-12(17-9)10-6-14-7-16-10/h6-8,13H,2-5H2,1H3. The van der Waals surface area contributed by atoms with Crippen LogP contribution < -0.4 is 5.32 Å². The Morgan fingerprint density at radius 2 is 2.35 bits per heavy atom. The predicted molar refractivity (Wildman–Crippen MR) is 72.6 cm³/mol. The van der Waals surface area contributed by atoms with Crippen LogP contribution in [0.15, 0.2) is 11.7 Å². The van der Waals surface area contributed by atoms with E-state index in [0.29, 0.717) is 0 Å². The summed E-state index contributed by atoms with van der Waals surface area (Å²) in [7, 11) is 0. The molecule has 5 heteroatoms. The molecule has 1 aliphatic rings. The molecule has 0 aliphatic heterocycles. The van der Waals surface area contributed by atoms with E-state index in [1.807, 2.05) is 23.0 Å². The van der Waals surface area contributed by atoms with Crippen LogP contribution in [0, 0.1) is 0 Å². The van der Waals surface area contributed by atoms with Gasteiger partial charge in [0.15, 0.2) is 0 Å². The van der Waals surface area contributed by atoms with Crippen molar-refractivity contribution in [3.05, 3.63) is 22.3 Å². The molecule has 2 aromatic rings. The van der Waals surface area contributed by atoms with Crippen LogP contribution in [0.2, 0.25) is 0 Å². The van der Waals surface area contributed by atoms with Gasteiger partial charge in [-0.2, -0.15) is 0 Å². The molecule has 0 spiro atoms. The van der Waals surface area contributed by atoms with Gasteiger partial charge in [-0.25, -0.2) is 4.98 Å². The minimum Gasteiger partial charge on any atom is -0.312 e. The van der Waals surface area contributed by atoms with Crippen LogP contribution in [0.1, 0.15) is 36.3 Å². The molecule has 3 rings (SSSR count). The van der Waals surface area contributed by atoms with E-state index in [-0.39, 0.29) is 0 Å². The van der Waals surface area contributed by atoms with E-state index in [1.54, 1.807) is 11.3 Å². The van der Waals surface area contributed by atoms with Gasteiger partial charge in [-0.1, -0.05) is 6.92 Å². The van der Waals surface area contributed by atoms with Gasteiger partial charge in [0, 0.05) is 23.5 Å². The quantitative estimate of drug-likeness (QED) is 0.901. The van der Waals surface area contributed by atoms with Crippen molar-refractivity contribution in [1.82, 2.24) is 15.3 Å². The highest BCUT2D eigenvalue weighted by Gasteiger charge is 2.29. The van der Waals surface area contributed by atoms with Crippen molar-refractivity contribution in [2.24, 2.45) is 0 Å². The first-order chi connectivity index (χ1) is 8.38. The monoisotopic (exact) mass is 265 g/mol. The molecule has 2 aromatic heterocycles. The largest absolute Gasteiger partial charge is 0.312 e. The number of rotatable bonds is 5. The van der Waals surface area contributed by atoms with Crippen molar-refractivity contribution in [2.75, 3.05) is 6.54 Å². The Hall–Kier alpha value is -0.780. The molecular weight excluding hydrogens is 250 g/mol. The summed E-state index contributed by atoms with van der Waals surface area (Å²) < 4.78 is 0. The molecule has 0 bridgehead atoms. The van der Waals surface area contributed by atoms with Gasteiger partial charge in [0.05, 0.1) is 16.1 Å². The molecule has 1 fully saturated rings. The molecule has 0 aromatic carbocycles. The number of thiazole rings is 2. The van der Waals surface area contributed by atoms with E-state index >= 15 is 0 Å². The van der Waals surface area contributed by atoms with Crippen LogP contribution in [0.25, 0.3) is 9.88 Å². The van der Waals surface area contributed by atoms with Crippen LogP contribution in [-0.4, -0.2) is 16.5 Å². The van der Waals surface area contributed by atoms with Crippen molar-refractivity contribution in [3.8, 4) is 9.88 Å². The van der Waals surface area contributed by atoms with Gasteiger partial charge in [-0.05, 0) is 19.4 Å². The second kappa shape index (κ2) is 4.84. The van der Waals surface area contributed by atoms with Crippen LogP contribution >= 0.6 is 22.7 Å². The van der Waals surface area contributed by atoms with Gasteiger partial charge in [0.25, 0.3) is 0 Å². The van der Waals surface area contributed by atoms with Crippen LogP contribution in [0.5, 0.6) is 0 Å². The number of hydrogen-bond donors (Lipinski definition) is 1. The van der Waals surface area contributed by atoms with Gasteiger partial charge >= 0.3 is 0 Å². The van der Waals surface area contributed by atoms with Crippen LogP contribution in [-0.2, 0) is 6.54 Å². The molecule has 90 valence electrons. The molecule has 0 radical (unpaired) electrons. The molecule has 1 aliphatic carbocycles. The average Bonchev–Trinajstić information content (AvgIpc) is 2.90. The molecular formula is C12H15N3S2. The highest BCUT2D eigenvalue weighted by molar-refractivity contribution is 7.20. The lowest BCUT2D eigenvalue weighted by Crippen LogP contribution is -2.11. The minimum atomic E-state index is 0.724. The zero-order chi connectivity index (χ0) is 11.7. The van der Waals surface area contributed by atoms with Crippen LogP contribution in [0.3, 0.4) is 0 Å². The first-order valence-corrected chi connectivity index (χ1v) is 7.67. The molecule has 2 heterocycles. The van der Waals surface area contributed by atoms with Gasteiger partial charge in [-0.15, -0.1) is 22.7 Å². The number of aromatic nitrogens is 2. The number of nitrogens with zero attached hydrogens (tertiary/aromatic N) is 2. The first-order valence-electron chi connectivity index (χ1n) is 5.97. The lowest BCUT2D eigenvalue weighted by molar-refractivity contribution is 0.727. The lowest BCUT2D eigenvalue weighted by Gasteiger charge is -2.00. The summed E-state index contributed by atoms with van der Waals surface area (Å²) in [5.41, 5.74) is 3.21. The lowest BCUT2D eigenvalue weighted by atomic mass is 10.2. The third-order valence-electron chi connectivity index (χ3n) is 2.87. The summed E-state index contributed by atoms with van der Waals surface area (Å²) in [4.78, 5) is 11.6. The van der Waals surface area contributed by atoms with Crippen molar-refractivity contribution in [3.63, 3.8) is 0 Å². The van der Waals surface area contributed by atoms with Crippen LogP contribution in [0.4, 0.5) is 0 Å². The summed E-state index contributed by atoms with van der Waals surface area (Å²) >= 11 is 3.49. The van der Waals surface area contributed by atoms with E-state index in [9.17, 15) is 0 Å². The zero-order valence-corrected chi connectivity index (χ0v) is 11.4. The fourth-order valence-electron chi connectivity index (χ4n) is 1.83. The second-order valence-electron chi connectivity index (χ2n) is 4.25. The van der Waals surface area contributed by atoms with Gasteiger partial charge < -0.3 is 5.32 Å². The van der Waals surface area contributed by atoms with E-state index in [2.05, 4.69) is 17.2 Å². The molecule has 17 heavy (non-hydrogen) atoms. The molecule has 1 N–H and O–H groups in total. The van der Waals surface area contributed by atoms with Gasteiger partial charge in [0.1, 0.15) is 5.01 Å². The molecule has 0 atom stereocenters. The summed E-state index contributed by atoms with van der Waals surface area (Å²) in [6.07, 6.45) is 4.53. The first kappa shape index (κ1) is 11.3. The zero-order valence-electron chi connectivity index (χ0n) is 9.77. The minimum absolute atomic E-state index is 0.724. The Morgan fingerprint density at radius 3 is 3.00 bits per heavy atom. The fourth-order valence-corrected chi connectivity index (χ4v) is 3.63. The van der Waals surface area contributed by atoms with Crippen molar-refractivity contribution >= 4 is 22.7 Å². The average molecular weight is 265 g/mol. The Morgan fingerprint density at radius 1 is 1.47 bits per heavy atom. The molecule has 1 saturated carbocycles. The Labute approximate surface area is 109 Å². The maximum absolute atomic E-state index is 4.82. The third-order valence-corrected chi connectivity index (χ3v) is 4.88. The maximum atomic E-state index is 4.82. The topological polar surface area (TPSA) is 37.8 Å². The third kappa shape index (κ3) is 2.41. The number of nitrogens with one attached hydrogen (secondary N) is 1. The summed E-state index contributed by atoms with van der Waals surface area (Å²) in [6.45, 7) is 4.11. The summed E-state index contributed by atoms with van der Waals surface area (Å²) in [5.74, 6) is 0.724. The summed E-state index contributed by atoms with van der Waals surface area (Å²) in [5, 5.41) is 4.55. The summed E-state index contributed by atoms with van der Waals surface area (Å²) in [6, 6.07) is 0. The smallest absolute Gasteiger partial charge is 0.135 e. The van der Waals surface area contributed by atoms with E-state index in [4.69, 9.17) is 4.98 Å². The second-order valence-corrected chi connectivity index (χ2v) is 6.22. The molecule has 0 amide bonds. The molecule has 0 unspecified atom stereocenters. The highest BCUT2D eigenvalue weighted by Crippen LogP contribution is 2.44. The normalized spacial score (nSPS) is 15.4. The number of hydrogen-bond acceptors (Lipinski definition) is 5. The highest BCUT2D eigenvalue weighted by atomic mass is 32.1. The van der Waals surface area contributed by atoms with E-state index in [0.717, 1.165) is 24.0 Å². The maximum Gasteiger partial charge on any atom is 0.135 e. The van der Waals surface area contributed by atoms with Gasteiger partial charge in [-0.3, -0.25) is 4.98 Å². The SMILES string of the molecule is CCNCc1sc(-c2cncs2)nc1C1CC1. The van der Waals surface area contributed by atoms with Crippen molar-refractivity contribution < 1.29 is 0 Å². The Kier molecular flexibility index (Phi) is 3.22. The molecule has 0 saturated heterocycles.